The lowest BCUT2D eigenvalue weighted by Crippen LogP contribution is -2.08. The molecule has 0 spiro atoms. The third-order valence-electron chi connectivity index (χ3n) is 2.64. The minimum Gasteiger partial charge on any atom is -0.322 e. The van der Waals surface area contributed by atoms with Gasteiger partial charge in [0.25, 0.3) is 0 Å². The number of carbonyl (C=O) groups is 1. The van der Waals surface area contributed by atoms with Crippen LogP contribution < -0.4 is 5.32 Å². The number of amides is 1. The minimum absolute atomic E-state index is 0.113. The van der Waals surface area contributed by atoms with Crippen LogP contribution in [0, 0.1) is 13.8 Å². The lowest BCUT2D eigenvalue weighted by molar-refractivity contribution is -0.111. The Morgan fingerprint density at radius 3 is 2.74 bits per heavy atom. The number of anilines is 1. The predicted molar refractivity (Wildman–Crippen MR) is 85.6 cm³/mol. The van der Waals surface area contributed by atoms with Crippen molar-refractivity contribution >= 4 is 44.9 Å². The maximum atomic E-state index is 11.9. The molecule has 2 nitrogen and oxygen atoms in total. The zero-order valence-electron chi connectivity index (χ0n) is 10.7. The van der Waals surface area contributed by atoms with Crippen LogP contribution in [0.15, 0.2) is 40.2 Å². The van der Waals surface area contributed by atoms with Gasteiger partial charge in [-0.05, 0) is 65.2 Å². The molecule has 0 saturated carbocycles. The van der Waals surface area contributed by atoms with E-state index in [9.17, 15) is 4.79 Å². The molecule has 2 rings (SSSR count). The quantitative estimate of drug-likeness (QED) is 0.803. The largest absolute Gasteiger partial charge is 0.322 e. The second-order valence-electron chi connectivity index (χ2n) is 4.28. The Kier molecular flexibility index (Phi) is 4.56. The van der Waals surface area contributed by atoms with E-state index in [1.165, 1.54) is 0 Å². The van der Waals surface area contributed by atoms with Gasteiger partial charge in [0, 0.05) is 16.6 Å². The predicted octanol–water partition coefficient (Wildman–Crippen LogP) is 4.78. The molecule has 0 radical (unpaired) electrons. The fourth-order valence-electron chi connectivity index (χ4n) is 1.62. The van der Waals surface area contributed by atoms with Gasteiger partial charge in [-0.15, -0.1) is 11.3 Å². The summed E-state index contributed by atoms with van der Waals surface area (Å²) in [5.74, 6) is -0.113. The second-order valence-corrected chi connectivity index (χ2v) is 6.78. The van der Waals surface area contributed by atoms with Crippen LogP contribution in [0.1, 0.15) is 16.0 Å². The van der Waals surface area contributed by atoms with E-state index in [0.717, 1.165) is 25.5 Å². The van der Waals surface area contributed by atoms with Crippen molar-refractivity contribution in [3.05, 3.63) is 56.2 Å². The Bertz CT molecular complexity index is 631. The molecule has 0 aliphatic carbocycles. The smallest absolute Gasteiger partial charge is 0.248 e. The van der Waals surface area contributed by atoms with Crippen molar-refractivity contribution in [3.8, 4) is 0 Å². The van der Waals surface area contributed by atoms with Crippen molar-refractivity contribution in [2.45, 2.75) is 13.8 Å². The molecular formula is C15H14BrNOS. The summed E-state index contributed by atoms with van der Waals surface area (Å²) in [6.45, 7) is 3.99. The Balaban J connectivity index is 2.05. The van der Waals surface area contributed by atoms with Gasteiger partial charge in [0.05, 0.1) is 3.79 Å². The standard InChI is InChI=1S/C15H14BrNOS/c1-10-3-4-11(2)13(9-10)17-15(18)8-6-12-5-7-14(16)19-12/h3-9H,1-2H3,(H,17,18). The first-order valence-corrected chi connectivity index (χ1v) is 7.47. The minimum atomic E-state index is -0.113. The molecule has 0 unspecified atom stereocenters. The van der Waals surface area contributed by atoms with Gasteiger partial charge in [-0.25, -0.2) is 0 Å². The molecule has 1 heterocycles. The average molecular weight is 336 g/mol. The molecule has 0 aliphatic heterocycles. The molecular weight excluding hydrogens is 322 g/mol. The molecule has 1 aromatic carbocycles. The highest BCUT2D eigenvalue weighted by Crippen LogP contribution is 2.23. The van der Waals surface area contributed by atoms with Gasteiger partial charge in [0.15, 0.2) is 0 Å². The van der Waals surface area contributed by atoms with Gasteiger partial charge >= 0.3 is 0 Å². The Morgan fingerprint density at radius 2 is 2.05 bits per heavy atom. The van der Waals surface area contributed by atoms with Crippen LogP contribution >= 0.6 is 27.3 Å². The topological polar surface area (TPSA) is 29.1 Å². The molecule has 0 atom stereocenters. The molecule has 1 amide bonds. The van der Waals surface area contributed by atoms with E-state index < -0.39 is 0 Å². The van der Waals surface area contributed by atoms with E-state index in [1.54, 1.807) is 17.4 Å². The zero-order chi connectivity index (χ0) is 13.8. The Morgan fingerprint density at radius 1 is 1.26 bits per heavy atom. The van der Waals surface area contributed by atoms with E-state index in [2.05, 4.69) is 21.2 Å². The number of halogens is 1. The molecule has 0 fully saturated rings. The molecule has 0 saturated heterocycles. The number of nitrogens with one attached hydrogen (secondary N) is 1. The number of benzene rings is 1. The van der Waals surface area contributed by atoms with Crippen LogP contribution in [-0.4, -0.2) is 5.91 Å². The monoisotopic (exact) mass is 335 g/mol. The van der Waals surface area contributed by atoms with Crippen LogP contribution in [0.5, 0.6) is 0 Å². The fourth-order valence-corrected chi connectivity index (χ4v) is 2.95. The zero-order valence-corrected chi connectivity index (χ0v) is 13.1. The van der Waals surface area contributed by atoms with E-state index in [-0.39, 0.29) is 5.91 Å². The summed E-state index contributed by atoms with van der Waals surface area (Å²) >= 11 is 4.99. The molecule has 4 heteroatoms. The Hall–Kier alpha value is -1.39. The van der Waals surface area contributed by atoms with Crippen molar-refractivity contribution < 1.29 is 4.79 Å². The van der Waals surface area contributed by atoms with Gasteiger partial charge in [-0.1, -0.05) is 12.1 Å². The van der Waals surface area contributed by atoms with E-state index in [4.69, 9.17) is 0 Å². The van der Waals surface area contributed by atoms with Gasteiger partial charge in [-0.2, -0.15) is 0 Å². The maximum Gasteiger partial charge on any atom is 0.248 e. The van der Waals surface area contributed by atoms with Crippen molar-refractivity contribution in [2.75, 3.05) is 5.32 Å². The number of hydrogen-bond donors (Lipinski definition) is 1. The van der Waals surface area contributed by atoms with Crippen molar-refractivity contribution in [3.63, 3.8) is 0 Å². The number of carbonyl (C=O) groups excluding carboxylic acids is 1. The number of hydrogen-bond acceptors (Lipinski definition) is 2. The molecule has 19 heavy (non-hydrogen) atoms. The molecule has 0 bridgehead atoms. The number of rotatable bonds is 3. The van der Waals surface area contributed by atoms with Crippen LogP contribution in [0.25, 0.3) is 6.08 Å². The summed E-state index contributed by atoms with van der Waals surface area (Å²) in [4.78, 5) is 12.9. The fraction of sp³-hybridized carbons (Fsp3) is 0.133. The third kappa shape index (κ3) is 4.04. The summed E-state index contributed by atoms with van der Waals surface area (Å²) < 4.78 is 1.06. The second kappa shape index (κ2) is 6.17. The van der Waals surface area contributed by atoms with Crippen LogP contribution in [0.2, 0.25) is 0 Å². The molecule has 1 N–H and O–H groups in total. The molecule has 98 valence electrons. The lowest BCUT2D eigenvalue weighted by atomic mass is 10.1. The first kappa shape index (κ1) is 14.0. The van der Waals surface area contributed by atoms with E-state index in [0.29, 0.717) is 0 Å². The molecule has 1 aromatic heterocycles. The van der Waals surface area contributed by atoms with Crippen LogP contribution in [0.4, 0.5) is 5.69 Å². The summed E-state index contributed by atoms with van der Waals surface area (Å²) in [7, 11) is 0. The summed E-state index contributed by atoms with van der Waals surface area (Å²) in [5.41, 5.74) is 3.06. The van der Waals surface area contributed by atoms with Gasteiger partial charge in [0.2, 0.25) is 5.91 Å². The first-order chi connectivity index (χ1) is 9.04. The van der Waals surface area contributed by atoms with E-state index >= 15 is 0 Å². The van der Waals surface area contributed by atoms with Crippen LogP contribution in [0.3, 0.4) is 0 Å². The number of thiophene rings is 1. The Labute approximate surface area is 125 Å². The summed E-state index contributed by atoms with van der Waals surface area (Å²) in [6, 6.07) is 9.95. The van der Waals surface area contributed by atoms with Gasteiger partial charge < -0.3 is 5.32 Å². The SMILES string of the molecule is Cc1ccc(C)c(NC(=O)C=Cc2ccc(Br)s2)c1. The lowest BCUT2D eigenvalue weighted by Gasteiger charge is -2.07. The van der Waals surface area contributed by atoms with Crippen LogP contribution in [-0.2, 0) is 4.79 Å². The first-order valence-electron chi connectivity index (χ1n) is 5.86. The van der Waals surface area contributed by atoms with Crippen molar-refractivity contribution in [1.82, 2.24) is 0 Å². The number of aryl methyl sites for hydroxylation is 2. The molecule has 0 aliphatic rings. The summed E-state index contributed by atoms with van der Waals surface area (Å²) in [6.07, 6.45) is 3.37. The van der Waals surface area contributed by atoms with Crippen molar-refractivity contribution in [1.29, 1.82) is 0 Å². The maximum absolute atomic E-state index is 11.9. The van der Waals surface area contributed by atoms with Crippen molar-refractivity contribution in [2.24, 2.45) is 0 Å². The highest BCUT2D eigenvalue weighted by molar-refractivity contribution is 9.11. The third-order valence-corrected chi connectivity index (χ3v) is 4.23. The average Bonchev–Trinajstić information content (AvgIpc) is 2.77. The van der Waals surface area contributed by atoms with E-state index in [1.807, 2.05) is 50.3 Å². The van der Waals surface area contributed by atoms with Gasteiger partial charge in [-0.3, -0.25) is 4.79 Å². The molecule has 2 aromatic rings. The normalized spacial score (nSPS) is 10.9. The highest BCUT2D eigenvalue weighted by atomic mass is 79.9. The highest BCUT2D eigenvalue weighted by Gasteiger charge is 2.02. The summed E-state index contributed by atoms with van der Waals surface area (Å²) in [5, 5.41) is 2.90. The van der Waals surface area contributed by atoms with Gasteiger partial charge in [0.1, 0.15) is 0 Å².